The number of nitro groups is 1. The molecule has 0 heterocycles. The van der Waals surface area contributed by atoms with Gasteiger partial charge in [0.25, 0.3) is 5.69 Å². The van der Waals surface area contributed by atoms with E-state index in [1.807, 2.05) is 30.3 Å². The minimum absolute atomic E-state index is 0.119. The molecule has 0 fully saturated rings. The zero-order valence-electron chi connectivity index (χ0n) is 11.8. The van der Waals surface area contributed by atoms with Crippen LogP contribution in [-0.4, -0.2) is 11.0 Å². The average Bonchev–Trinajstić information content (AvgIpc) is 2.48. The lowest BCUT2D eigenvalue weighted by Crippen LogP contribution is -2.27. The molecule has 0 radical (unpaired) electrons. The van der Waals surface area contributed by atoms with Gasteiger partial charge in [0, 0.05) is 29.7 Å². The molecule has 0 amide bonds. The molecule has 0 aliphatic carbocycles. The summed E-state index contributed by atoms with van der Waals surface area (Å²) >= 11 is 6.14. The second-order valence-electron chi connectivity index (χ2n) is 5.00. The van der Waals surface area contributed by atoms with E-state index in [1.54, 1.807) is 12.1 Å². The molecule has 0 aliphatic heterocycles. The molecule has 21 heavy (non-hydrogen) atoms. The highest BCUT2D eigenvalue weighted by atomic mass is 35.5. The van der Waals surface area contributed by atoms with Crippen molar-refractivity contribution in [3.05, 3.63) is 74.8 Å². The number of nitrogens with one attached hydrogen (secondary N) is 1. The number of non-ortho nitro benzene ring substituents is 1. The first-order valence-corrected chi connectivity index (χ1v) is 7.14. The van der Waals surface area contributed by atoms with E-state index in [-0.39, 0.29) is 16.7 Å². The number of halogens is 1. The molecule has 1 atom stereocenters. The minimum Gasteiger partial charge on any atom is -0.310 e. The summed E-state index contributed by atoms with van der Waals surface area (Å²) in [5.74, 6) is 0. The van der Waals surface area contributed by atoms with Crippen LogP contribution < -0.4 is 5.32 Å². The Balaban J connectivity index is 1.92. The lowest BCUT2D eigenvalue weighted by Gasteiger charge is -2.14. The van der Waals surface area contributed by atoms with Gasteiger partial charge >= 0.3 is 0 Å². The SMILES string of the molecule is CC(Cc1ccccc1Cl)NCc1cccc([N+](=O)[O-])c1. The molecule has 0 aromatic heterocycles. The Morgan fingerprint density at radius 2 is 2.00 bits per heavy atom. The van der Waals surface area contributed by atoms with Gasteiger partial charge in [-0.1, -0.05) is 41.9 Å². The third kappa shape index (κ3) is 4.55. The van der Waals surface area contributed by atoms with Crippen molar-refractivity contribution in [1.82, 2.24) is 5.32 Å². The summed E-state index contributed by atoms with van der Waals surface area (Å²) in [6, 6.07) is 14.7. The average molecular weight is 305 g/mol. The van der Waals surface area contributed by atoms with E-state index in [0.717, 1.165) is 22.6 Å². The van der Waals surface area contributed by atoms with Crippen molar-refractivity contribution in [1.29, 1.82) is 0 Å². The summed E-state index contributed by atoms with van der Waals surface area (Å²) in [7, 11) is 0. The first-order valence-electron chi connectivity index (χ1n) is 6.76. The Labute approximate surface area is 128 Å². The van der Waals surface area contributed by atoms with Crippen molar-refractivity contribution in [2.75, 3.05) is 0 Å². The van der Waals surface area contributed by atoms with Crippen LogP contribution in [0.3, 0.4) is 0 Å². The Morgan fingerprint density at radius 3 is 2.71 bits per heavy atom. The normalized spacial score (nSPS) is 12.1. The van der Waals surface area contributed by atoms with Crippen molar-refractivity contribution >= 4 is 17.3 Å². The summed E-state index contributed by atoms with van der Waals surface area (Å²) in [6.45, 7) is 2.66. The summed E-state index contributed by atoms with van der Waals surface area (Å²) in [4.78, 5) is 10.4. The van der Waals surface area contributed by atoms with Crippen molar-refractivity contribution in [2.24, 2.45) is 0 Å². The number of hydrogen-bond donors (Lipinski definition) is 1. The quantitative estimate of drug-likeness (QED) is 0.649. The van der Waals surface area contributed by atoms with E-state index in [0.29, 0.717) is 6.54 Å². The smallest absolute Gasteiger partial charge is 0.269 e. The van der Waals surface area contributed by atoms with E-state index in [9.17, 15) is 10.1 Å². The molecule has 2 rings (SSSR count). The fraction of sp³-hybridized carbons (Fsp3) is 0.250. The molecule has 1 unspecified atom stereocenters. The number of rotatable bonds is 6. The van der Waals surface area contributed by atoms with Gasteiger partial charge in [-0.3, -0.25) is 10.1 Å². The van der Waals surface area contributed by atoms with Crippen LogP contribution in [0.1, 0.15) is 18.1 Å². The molecular formula is C16H17ClN2O2. The Morgan fingerprint density at radius 1 is 1.24 bits per heavy atom. The van der Waals surface area contributed by atoms with Crippen LogP contribution >= 0.6 is 11.6 Å². The molecule has 5 heteroatoms. The Hall–Kier alpha value is -1.91. The fourth-order valence-electron chi connectivity index (χ4n) is 2.14. The largest absolute Gasteiger partial charge is 0.310 e. The van der Waals surface area contributed by atoms with Crippen LogP contribution in [0.5, 0.6) is 0 Å². The third-order valence-electron chi connectivity index (χ3n) is 3.26. The topological polar surface area (TPSA) is 55.2 Å². The summed E-state index contributed by atoms with van der Waals surface area (Å²) in [5, 5.41) is 14.9. The van der Waals surface area contributed by atoms with Gasteiger partial charge in [0.2, 0.25) is 0 Å². The van der Waals surface area contributed by atoms with Crippen molar-refractivity contribution in [3.8, 4) is 0 Å². The highest BCUT2D eigenvalue weighted by Gasteiger charge is 2.08. The Bertz CT molecular complexity index is 631. The molecular weight excluding hydrogens is 288 g/mol. The molecule has 0 spiro atoms. The zero-order valence-corrected chi connectivity index (χ0v) is 12.5. The molecule has 2 aromatic rings. The van der Waals surface area contributed by atoms with Gasteiger partial charge in [-0.2, -0.15) is 0 Å². The van der Waals surface area contributed by atoms with Gasteiger partial charge < -0.3 is 5.32 Å². The summed E-state index contributed by atoms with van der Waals surface area (Å²) in [6.07, 6.45) is 0.814. The third-order valence-corrected chi connectivity index (χ3v) is 3.63. The molecule has 1 N–H and O–H groups in total. The van der Waals surface area contributed by atoms with E-state index in [4.69, 9.17) is 11.6 Å². The van der Waals surface area contributed by atoms with Crippen molar-refractivity contribution < 1.29 is 4.92 Å². The van der Waals surface area contributed by atoms with Crippen LogP contribution in [0.2, 0.25) is 5.02 Å². The summed E-state index contributed by atoms with van der Waals surface area (Å²) < 4.78 is 0. The number of nitro benzene ring substituents is 1. The highest BCUT2D eigenvalue weighted by molar-refractivity contribution is 6.31. The van der Waals surface area contributed by atoms with E-state index >= 15 is 0 Å². The van der Waals surface area contributed by atoms with E-state index in [2.05, 4.69) is 12.2 Å². The zero-order chi connectivity index (χ0) is 15.2. The van der Waals surface area contributed by atoms with Crippen LogP contribution in [0.25, 0.3) is 0 Å². The van der Waals surface area contributed by atoms with Crippen molar-refractivity contribution in [3.63, 3.8) is 0 Å². The minimum atomic E-state index is -0.378. The maximum absolute atomic E-state index is 10.7. The second-order valence-corrected chi connectivity index (χ2v) is 5.41. The van der Waals surface area contributed by atoms with Gasteiger partial charge in [-0.15, -0.1) is 0 Å². The lowest BCUT2D eigenvalue weighted by molar-refractivity contribution is -0.384. The van der Waals surface area contributed by atoms with Gasteiger partial charge in [0.1, 0.15) is 0 Å². The van der Waals surface area contributed by atoms with Gasteiger partial charge in [0.05, 0.1) is 4.92 Å². The molecule has 0 saturated carbocycles. The second kappa shape index (κ2) is 7.20. The molecule has 4 nitrogen and oxygen atoms in total. The molecule has 0 saturated heterocycles. The maximum Gasteiger partial charge on any atom is 0.269 e. The molecule has 0 bridgehead atoms. The molecule has 2 aromatic carbocycles. The predicted molar refractivity (Wildman–Crippen MR) is 84.6 cm³/mol. The van der Waals surface area contributed by atoms with Crippen LogP contribution in [0.15, 0.2) is 48.5 Å². The van der Waals surface area contributed by atoms with Crippen LogP contribution in [0.4, 0.5) is 5.69 Å². The fourth-order valence-corrected chi connectivity index (χ4v) is 2.35. The standard InChI is InChI=1S/C16H17ClN2O2/c1-12(9-14-6-2-3-8-16(14)17)18-11-13-5-4-7-15(10-13)19(20)21/h2-8,10,12,18H,9,11H2,1H3. The lowest BCUT2D eigenvalue weighted by atomic mass is 10.1. The van der Waals surface area contributed by atoms with Gasteiger partial charge in [-0.25, -0.2) is 0 Å². The molecule has 0 aliphatic rings. The van der Waals surface area contributed by atoms with Gasteiger partial charge in [0.15, 0.2) is 0 Å². The number of benzene rings is 2. The van der Waals surface area contributed by atoms with Crippen LogP contribution in [-0.2, 0) is 13.0 Å². The molecule has 110 valence electrons. The number of hydrogen-bond acceptors (Lipinski definition) is 3. The first kappa shape index (κ1) is 15.5. The van der Waals surface area contributed by atoms with Crippen molar-refractivity contribution in [2.45, 2.75) is 25.9 Å². The predicted octanol–water partition coefficient (Wildman–Crippen LogP) is 3.97. The highest BCUT2D eigenvalue weighted by Crippen LogP contribution is 2.17. The Kier molecular flexibility index (Phi) is 5.31. The maximum atomic E-state index is 10.7. The van der Waals surface area contributed by atoms with Gasteiger partial charge in [-0.05, 0) is 30.5 Å². The van der Waals surface area contributed by atoms with Crippen LogP contribution in [0, 0.1) is 10.1 Å². The monoisotopic (exact) mass is 304 g/mol. The summed E-state index contributed by atoms with van der Waals surface area (Å²) in [5.41, 5.74) is 2.11. The first-order chi connectivity index (χ1) is 10.1. The number of nitrogens with zero attached hydrogens (tertiary/aromatic N) is 1. The van der Waals surface area contributed by atoms with E-state index < -0.39 is 0 Å². The van der Waals surface area contributed by atoms with E-state index in [1.165, 1.54) is 6.07 Å².